The van der Waals surface area contributed by atoms with Gasteiger partial charge in [0, 0.05) is 12.1 Å². The van der Waals surface area contributed by atoms with Crippen molar-refractivity contribution in [2.75, 3.05) is 18.6 Å². The fourth-order valence-electron chi connectivity index (χ4n) is 1.61. The second kappa shape index (κ2) is 9.11. The van der Waals surface area contributed by atoms with Gasteiger partial charge in [-0.05, 0) is 24.9 Å². The highest BCUT2D eigenvalue weighted by atomic mass is 32.2. The third-order valence-corrected chi connectivity index (χ3v) is 3.31. The van der Waals surface area contributed by atoms with Gasteiger partial charge in [-0.15, -0.1) is 0 Å². The number of nitrogens with two attached hydrogens (primary N) is 1. The van der Waals surface area contributed by atoms with Crippen LogP contribution in [0, 0.1) is 0 Å². The average molecular weight is 250 g/mol. The summed E-state index contributed by atoms with van der Waals surface area (Å²) in [6, 6.07) is 9.96. The number of rotatable bonds is 8. The summed E-state index contributed by atoms with van der Waals surface area (Å²) < 4.78 is 0. The molecule has 94 valence electrons. The summed E-state index contributed by atoms with van der Waals surface area (Å²) in [7, 11) is 0. The molecule has 0 amide bonds. The molecule has 1 aromatic rings. The van der Waals surface area contributed by atoms with Gasteiger partial charge in [0.05, 0.1) is 0 Å². The molecule has 0 saturated heterocycles. The second-order valence-electron chi connectivity index (χ2n) is 4.04. The van der Waals surface area contributed by atoms with Gasteiger partial charge in [-0.3, -0.25) is 4.99 Å². The fraction of sp³-hybridized carbons (Fsp3) is 0.500. The summed E-state index contributed by atoms with van der Waals surface area (Å²) in [6.07, 6.45) is 7.18. The number of amidine groups is 1. The van der Waals surface area contributed by atoms with Crippen LogP contribution >= 0.6 is 11.8 Å². The highest BCUT2D eigenvalue weighted by Crippen LogP contribution is 2.05. The van der Waals surface area contributed by atoms with Gasteiger partial charge in [-0.2, -0.15) is 11.8 Å². The number of thioether (sulfide) groups is 1. The summed E-state index contributed by atoms with van der Waals surface area (Å²) in [5.41, 5.74) is 6.93. The fourth-order valence-corrected chi connectivity index (χ4v) is 2.10. The van der Waals surface area contributed by atoms with Gasteiger partial charge < -0.3 is 5.73 Å². The molecule has 0 aliphatic rings. The van der Waals surface area contributed by atoms with E-state index in [-0.39, 0.29) is 0 Å². The SMILES string of the molecule is CSCCCCCCN=C(N)c1ccccc1. The van der Waals surface area contributed by atoms with Crippen molar-refractivity contribution in [2.45, 2.75) is 25.7 Å². The minimum atomic E-state index is 0.662. The zero-order valence-electron chi connectivity index (χ0n) is 10.6. The number of aliphatic imine (C=N–C) groups is 1. The van der Waals surface area contributed by atoms with E-state index in [1.807, 2.05) is 42.1 Å². The minimum Gasteiger partial charge on any atom is -0.384 e. The molecule has 2 nitrogen and oxygen atoms in total. The Hall–Kier alpha value is -0.960. The highest BCUT2D eigenvalue weighted by Gasteiger charge is 1.95. The smallest absolute Gasteiger partial charge is 0.125 e. The van der Waals surface area contributed by atoms with Crippen LogP contribution in [0.1, 0.15) is 31.2 Å². The standard InChI is InChI=1S/C14H22N2S/c1-17-12-8-3-2-7-11-16-14(15)13-9-5-4-6-10-13/h4-6,9-10H,2-3,7-8,11-12H2,1H3,(H2,15,16). The summed E-state index contributed by atoms with van der Waals surface area (Å²) >= 11 is 1.92. The lowest BCUT2D eigenvalue weighted by atomic mass is 10.2. The first kappa shape index (κ1) is 14.1. The Morgan fingerprint density at radius 1 is 1.12 bits per heavy atom. The van der Waals surface area contributed by atoms with E-state index in [9.17, 15) is 0 Å². The van der Waals surface area contributed by atoms with Crippen LogP contribution in [0.25, 0.3) is 0 Å². The van der Waals surface area contributed by atoms with E-state index in [1.54, 1.807) is 0 Å². The maximum absolute atomic E-state index is 5.90. The van der Waals surface area contributed by atoms with Crippen molar-refractivity contribution in [2.24, 2.45) is 10.7 Å². The van der Waals surface area contributed by atoms with E-state index in [1.165, 1.54) is 25.0 Å². The van der Waals surface area contributed by atoms with Crippen molar-refractivity contribution in [3.05, 3.63) is 35.9 Å². The van der Waals surface area contributed by atoms with Crippen LogP contribution in [-0.4, -0.2) is 24.4 Å². The summed E-state index contributed by atoms with van der Waals surface area (Å²) in [6.45, 7) is 0.847. The van der Waals surface area contributed by atoms with Gasteiger partial charge in [0.25, 0.3) is 0 Å². The van der Waals surface area contributed by atoms with Gasteiger partial charge in [0.1, 0.15) is 5.84 Å². The van der Waals surface area contributed by atoms with E-state index in [0.717, 1.165) is 18.5 Å². The molecule has 0 unspecified atom stereocenters. The molecule has 0 aliphatic heterocycles. The first-order valence-electron chi connectivity index (χ1n) is 6.19. The van der Waals surface area contributed by atoms with Crippen molar-refractivity contribution in [1.29, 1.82) is 0 Å². The Morgan fingerprint density at radius 2 is 1.82 bits per heavy atom. The maximum atomic E-state index is 5.90. The van der Waals surface area contributed by atoms with Gasteiger partial charge >= 0.3 is 0 Å². The molecule has 0 aromatic heterocycles. The van der Waals surface area contributed by atoms with E-state index in [2.05, 4.69) is 11.2 Å². The average Bonchev–Trinajstić information content (AvgIpc) is 2.38. The van der Waals surface area contributed by atoms with Crippen LogP contribution in [0.15, 0.2) is 35.3 Å². The topological polar surface area (TPSA) is 38.4 Å². The summed E-state index contributed by atoms with van der Waals surface area (Å²) in [4.78, 5) is 4.40. The Bertz CT molecular complexity index is 322. The molecule has 0 fully saturated rings. The van der Waals surface area contributed by atoms with Crippen LogP contribution in [-0.2, 0) is 0 Å². The molecule has 1 rings (SSSR count). The van der Waals surface area contributed by atoms with Crippen LogP contribution in [0.3, 0.4) is 0 Å². The van der Waals surface area contributed by atoms with E-state index in [4.69, 9.17) is 5.73 Å². The number of hydrogen-bond donors (Lipinski definition) is 1. The van der Waals surface area contributed by atoms with Crippen LogP contribution in [0.2, 0.25) is 0 Å². The monoisotopic (exact) mass is 250 g/mol. The molecule has 0 heterocycles. The molecule has 0 aliphatic carbocycles. The maximum Gasteiger partial charge on any atom is 0.125 e. The van der Waals surface area contributed by atoms with E-state index < -0.39 is 0 Å². The quantitative estimate of drug-likeness (QED) is 0.437. The number of hydrogen-bond acceptors (Lipinski definition) is 2. The van der Waals surface area contributed by atoms with E-state index >= 15 is 0 Å². The minimum absolute atomic E-state index is 0.662. The van der Waals surface area contributed by atoms with Crippen LogP contribution < -0.4 is 5.73 Å². The molecular weight excluding hydrogens is 228 g/mol. The Labute approximate surface area is 109 Å². The number of benzene rings is 1. The molecular formula is C14H22N2S. The third-order valence-electron chi connectivity index (χ3n) is 2.61. The zero-order chi connectivity index (χ0) is 12.3. The molecule has 17 heavy (non-hydrogen) atoms. The lowest BCUT2D eigenvalue weighted by Crippen LogP contribution is -2.13. The van der Waals surface area contributed by atoms with Crippen molar-refractivity contribution in [3.63, 3.8) is 0 Å². The first-order valence-corrected chi connectivity index (χ1v) is 7.58. The Kier molecular flexibility index (Phi) is 7.56. The largest absolute Gasteiger partial charge is 0.384 e. The Morgan fingerprint density at radius 3 is 2.53 bits per heavy atom. The van der Waals surface area contributed by atoms with Crippen LogP contribution in [0.5, 0.6) is 0 Å². The highest BCUT2D eigenvalue weighted by molar-refractivity contribution is 7.98. The zero-order valence-corrected chi connectivity index (χ0v) is 11.4. The molecule has 0 atom stereocenters. The van der Waals surface area contributed by atoms with Gasteiger partial charge in [0.2, 0.25) is 0 Å². The molecule has 2 N–H and O–H groups in total. The van der Waals surface area contributed by atoms with Crippen molar-refractivity contribution in [3.8, 4) is 0 Å². The molecule has 0 radical (unpaired) electrons. The molecule has 0 spiro atoms. The van der Waals surface area contributed by atoms with Crippen LogP contribution in [0.4, 0.5) is 0 Å². The van der Waals surface area contributed by atoms with Crippen molar-refractivity contribution in [1.82, 2.24) is 0 Å². The predicted octanol–water partition coefficient (Wildman–Crippen LogP) is 3.32. The second-order valence-corrected chi connectivity index (χ2v) is 5.03. The molecule has 1 aromatic carbocycles. The van der Waals surface area contributed by atoms with Gasteiger partial charge in [0.15, 0.2) is 0 Å². The van der Waals surface area contributed by atoms with Crippen molar-refractivity contribution < 1.29 is 0 Å². The predicted molar refractivity (Wildman–Crippen MR) is 78.9 cm³/mol. The van der Waals surface area contributed by atoms with Gasteiger partial charge in [-0.1, -0.05) is 43.2 Å². The number of nitrogens with zero attached hydrogens (tertiary/aromatic N) is 1. The Balaban J connectivity index is 2.16. The molecule has 0 bridgehead atoms. The summed E-state index contributed by atoms with van der Waals surface area (Å²) in [5, 5.41) is 0. The normalized spacial score (nSPS) is 11.7. The van der Waals surface area contributed by atoms with E-state index in [0.29, 0.717) is 5.84 Å². The van der Waals surface area contributed by atoms with Crippen molar-refractivity contribution >= 4 is 17.6 Å². The van der Waals surface area contributed by atoms with Gasteiger partial charge in [-0.25, -0.2) is 0 Å². The third kappa shape index (κ3) is 6.37. The summed E-state index contributed by atoms with van der Waals surface area (Å²) in [5.74, 6) is 1.94. The number of unbranched alkanes of at least 4 members (excludes halogenated alkanes) is 3. The lowest BCUT2D eigenvalue weighted by Gasteiger charge is -2.01. The first-order chi connectivity index (χ1) is 8.34. The molecule has 3 heteroatoms. The molecule has 0 saturated carbocycles. The lowest BCUT2D eigenvalue weighted by molar-refractivity contribution is 0.679.